The zero-order valence-electron chi connectivity index (χ0n) is 46.8. The molecule has 0 spiro atoms. The monoisotopic (exact) mass is 1030 g/mol. The Labute approximate surface area is 452 Å². The standard InChI is InChI=1S/C65H109NO8/c1-3-5-7-9-11-13-15-16-17-18-19-20-21-22-23-24-25-26-27-28-29-30-31-32-33-34-35-36-37-38-39-40-41-42-43-44-45-47-49-51-53-55-61(69)66-58(57-73-65-64(72)63(71)62(70)60(56-67)74-65)59(68)54-52-50-48-46-14-12-10-8-6-4-2/h5-8,11,13-14,16-17,19-20,22-23,25-26,28-29,46,52,54,58-60,62-65,67-68,70-72H,3-4,9-10,12,15,18,21,24,27,30-45,47-51,53,55-57H2,1-2H3,(H,66,69)/b7-5-,8-6+,13-11-,17-16-,20-19-,23-22-,26-25-,29-28-,46-14+,54-52+. The lowest BCUT2D eigenvalue weighted by Crippen LogP contribution is -2.60. The highest BCUT2D eigenvalue weighted by Gasteiger charge is 2.44. The fraction of sp³-hybridized carbons (Fsp3) is 0.677. The number of allylic oxidation sites excluding steroid dienone is 19. The molecule has 1 rings (SSSR count). The van der Waals surface area contributed by atoms with Gasteiger partial charge in [0, 0.05) is 6.42 Å². The molecular weight excluding hydrogens is 923 g/mol. The Hall–Kier alpha value is -3.41. The molecule has 7 unspecified atom stereocenters. The average Bonchev–Trinajstić information content (AvgIpc) is 3.40. The van der Waals surface area contributed by atoms with Crippen LogP contribution in [0.3, 0.4) is 0 Å². The Balaban J connectivity index is 2.04. The van der Waals surface area contributed by atoms with E-state index in [9.17, 15) is 30.3 Å². The van der Waals surface area contributed by atoms with Crippen molar-refractivity contribution in [2.24, 2.45) is 0 Å². The molecule has 7 atom stereocenters. The van der Waals surface area contributed by atoms with E-state index in [0.29, 0.717) is 6.42 Å². The van der Waals surface area contributed by atoms with Crippen molar-refractivity contribution in [1.29, 1.82) is 0 Å². The van der Waals surface area contributed by atoms with E-state index in [2.05, 4.69) is 129 Å². The second kappa shape index (κ2) is 53.0. The molecule has 6 N–H and O–H groups in total. The van der Waals surface area contributed by atoms with E-state index in [1.54, 1.807) is 6.08 Å². The first-order valence-corrected chi connectivity index (χ1v) is 29.8. The summed E-state index contributed by atoms with van der Waals surface area (Å²) in [6, 6.07) is -0.831. The van der Waals surface area contributed by atoms with Crippen LogP contribution >= 0.6 is 0 Å². The Morgan fingerprint density at radius 3 is 1.24 bits per heavy atom. The van der Waals surface area contributed by atoms with E-state index in [1.165, 1.54) is 109 Å². The van der Waals surface area contributed by atoms with Crippen LogP contribution in [0.25, 0.3) is 0 Å². The summed E-state index contributed by atoms with van der Waals surface area (Å²) in [7, 11) is 0. The van der Waals surface area contributed by atoms with E-state index in [-0.39, 0.29) is 12.5 Å². The zero-order valence-corrected chi connectivity index (χ0v) is 46.8. The minimum atomic E-state index is -1.58. The lowest BCUT2D eigenvalue weighted by molar-refractivity contribution is -0.302. The maximum atomic E-state index is 13.0. The molecule has 9 nitrogen and oxygen atoms in total. The molecule has 74 heavy (non-hydrogen) atoms. The molecule has 1 aliphatic rings. The molecule has 1 amide bonds. The maximum absolute atomic E-state index is 13.0. The Morgan fingerprint density at radius 2 is 0.811 bits per heavy atom. The van der Waals surface area contributed by atoms with Crippen LogP contribution in [0.1, 0.15) is 226 Å². The highest BCUT2D eigenvalue weighted by atomic mass is 16.7. The van der Waals surface area contributed by atoms with Crippen molar-refractivity contribution in [1.82, 2.24) is 5.32 Å². The van der Waals surface area contributed by atoms with Gasteiger partial charge in [0.2, 0.25) is 5.91 Å². The lowest BCUT2D eigenvalue weighted by Gasteiger charge is -2.40. The third-order valence-corrected chi connectivity index (χ3v) is 13.3. The van der Waals surface area contributed by atoms with Gasteiger partial charge in [-0.1, -0.05) is 245 Å². The number of aliphatic hydroxyl groups excluding tert-OH is 5. The molecule has 0 aromatic rings. The topological polar surface area (TPSA) is 149 Å². The molecule has 1 heterocycles. The van der Waals surface area contributed by atoms with Crippen LogP contribution in [0.15, 0.2) is 122 Å². The number of rotatable bonds is 49. The Bertz CT molecular complexity index is 1570. The molecule has 0 bridgehead atoms. The molecule has 1 saturated heterocycles. The molecule has 0 aliphatic carbocycles. The van der Waals surface area contributed by atoms with Gasteiger partial charge in [0.05, 0.1) is 25.4 Å². The van der Waals surface area contributed by atoms with Gasteiger partial charge in [-0.25, -0.2) is 0 Å². The van der Waals surface area contributed by atoms with Crippen LogP contribution in [0.4, 0.5) is 0 Å². The molecule has 9 heteroatoms. The molecular formula is C65H109NO8. The smallest absolute Gasteiger partial charge is 0.220 e. The summed E-state index contributed by atoms with van der Waals surface area (Å²) in [5, 5.41) is 54.2. The largest absolute Gasteiger partial charge is 0.394 e. The number of aliphatic hydroxyl groups is 5. The lowest BCUT2D eigenvalue weighted by atomic mass is 9.99. The van der Waals surface area contributed by atoms with E-state index >= 15 is 0 Å². The quantitative estimate of drug-likeness (QED) is 0.0261. The number of unbranched alkanes of at least 4 members (excludes halogenated alkanes) is 21. The van der Waals surface area contributed by atoms with Gasteiger partial charge in [0.15, 0.2) is 6.29 Å². The summed E-state index contributed by atoms with van der Waals surface area (Å²) in [5.41, 5.74) is 0. The van der Waals surface area contributed by atoms with Crippen molar-refractivity contribution in [2.75, 3.05) is 13.2 Å². The minimum Gasteiger partial charge on any atom is -0.394 e. The third-order valence-electron chi connectivity index (χ3n) is 13.3. The molecule has 0 aromatic heterocycles. The Kier molecular flexibility index (Phi) is 49.1. The molecule has 0 radical (unpaired) electrons. The normalized spacial score (nSPS) is 19.9. The highest BCUT2D eigenvalue weighted by Crippen LogP contribution is 2.23. The van der Waals surface area contributed by atoms with E-state index in [4.69, 9.17) is 9.47 Å². The summed E-state index contributed by atoms with van der Waals surface area (Å²) >= 11 is 0. The van der Waals surface area contributed by atoms with Gasteiger partial charge in [0.25, 0.3) is 0 Å². The summed E-state index contributed by atoms with van der Waals surface area (Å²) in [6.45, 7) is 3.50. The van der Waals surface area contributed by atoms with Crippen molar-refractivity contribution < 1.29 is 39.8 Å². The van der Waals surface area contributed by atoms with Gasteiger partial charge < -0.3 is 40.3 Å². The number of hydrogen-bond acceptors (Lipinski definition) is 8. The van der Waals surface area contributed by atoms with Crippen LogP contribution in [-0.2, 0) is 14.3 Å². The number of carbonyl (C=O) groups excluding carboxylic acids is 1. The number of carbonyl (C=O) groups is 1. The number of hydrogen-bond donors (Lipinski definition) is 6. The molecule has 1 fully saturated rings. The summed E-state index contributed by atoms with van der Waals surface area (Å²) in [4.78, 5) is 13.0. The summed E-state index contributed by atoms with van der Waals surface area (Å²) in [5.74, 6) is -0.196. The molecule has 0 saturated carbocycles. The van der Waals surface area contributed by atoms with Gasteiger partial charge >= 0.3 is 0 Å². The fourth-order valence-electron chi connectivity index (χ4n) is 8.65. The molecule has 1 aliphatic heterocycles. The van der Waals surface area contributed by atoms with Gasteiger partial charge in [-0.05, 0) is 96.3 Å². The number of amides is 1. The van der Waals surface area contributed by atoms with Gasteiger partial charge in [-0.2, -0.15) is 0 Å². The molecule has 422 valence electrons. The minimum absolute atomic E-state index is 0.196. The van der Waals surface area contributed by atoms with Crippen LogP contribution in [0.5, 0.6) is 0 Å². The van der Waals surface area contributed by atoms with Crippen molar-refractivity contribution in [3.05, 3.63) is 122 Å². The zero-order chi connectivity index (χ0) is 53.6. The fourth-order valence-corrected chi connectivity index (χ4v) is 8.65. The van der Waals surface area contributed by atoms with Gasteiger partial charge in [0.1, 0.15) is 24.4 Å². The first kappa shape index (κ1) is 68.6. The number of ether oxygens (including phenoxy) is 2. The first-order chi connectivity index (χ1) is 36.3. The molecule has 0 aromatic carbocycles. The second-order valence-corrected chi connectivity index (χ2v) is 20.0. The predicted octanol–water partition coefficient (Wildman–Crippen LogP) is 15.1. The Morgan fingerprint density at radius 1 is 0.459 bits per heavy atom. The van der Waals surface area contributed by atoms with Gasteiger partial charge in [-0.3, -0.25) is 4.79 Å². The van der Waals surface area contributed by atoms with Crippen LogP contribution < -0.4 is 5.32 Å². The van der Waals surface area contributed by atoms with Gasteiger partial charge in [-0.15, -0.1) is 0 Å². The van der Waals surface area contributed by atoms with Crippen LogP contribution in [0.2, 0.25) is 0 Å². The van der Waals surface area contributed by atoms with Crippen LogP contribution in [-0.4, -0.2) is 87.5 Å². The third kappa shape index (κ3) is 41.8. The van der Waals surface area contributed by atoms with Crippen molar-refractivity contribution in [2.45, 2.75) is 269 Å². The van der Waals surface area contributed by atoms with E-state index in [0.717, 1.165) is 96.3 Å². The van der Waals surface area contributed by atoms with Crippen LogP contribution in [0, 0.1) is 0 Å². The first-order valence-electron chi connectivity index (χ1n) is 29.8. The predicted molar refractivity (Wildman–Crippen MR) is 313 cm³/mol. The van der Waals surface area contributed by atoms with Crippen molar-refractivity contribution in [3.8, 4) is 0 Å². The SMILES string of the molecule is CC/C=C\C/C=C\C/C=C\C/C=C\C/C=C\C/C=C\C/C=C\CCCCCCCCCCCCCCCCCCCCCC(=O)NC(COC1OC(CO)C(O)C(O)C1O)C(O)/C=C/CC/C=C/CC/C=C/CC. The average molecular weight is 1030 g/mol. The van der Waals surface area contributed by atoms with E-state index < -0.39 is 49.5 Å². The van der Waals surface area contributed by atoms with Crippen molar-refractivity contribution in [3.63, 3.8) is 0 Å². The summed E-state index contributed by atoms with van der Waals surface area (Å²) in [6.07, 6.45) is 73.1. The maximum Gasteiger partial charge on any atom is 0.220 e. The highest BCUT2D eigenvalue weighted by molar-refractivity contribution is 5.76. The second-order valence-electron chi connectivity index (χ2n) is 20.0. The van der Waals surface area contributed by atoms with Crippen molar-refractivity contribution >= 4 is 5.91 Å². The summed E-state index contributed by atoms with van der Waals surface area (Å²) < 4.78 is 11.2. The number of nitrogens with one attached hydrogen (secondary N) is 1. The van der Waals surface area contributed by atoms with E-state index in [1.807, 2.05) is 6.08 Å².